The molecule has 0 saturated carbocycles. The first-order chi connectivity index (χ1) is 18.6. The molecule has 0 spiro atoms. The lowest BCUT2D eigenvalue weighted by molar-refractivity contribution is -0.390. The largest absolute Gasteiger partial charge is 0.478 e. The number of pyridine rings is 2. The first-order valence-electron chi connectivity index (χ1n) is 11.5. The number of nitro groups is 1. The summed E-state index contributed by atoms with van der Waals surface area (Å²) < 4.78 is 22.0. The fourth-order valence-electron chi connectivity index (χ4n) is 3.95. The molecule has 0 aliphatic heterocycles. The van der Waals surface area contributed by atoms with Crippen LogP contribution in [0.1, 0.15) is 35.5 Å². The Morgan fingerprint density at radius 3 is 2.74 bits per heavy atom. The molecule has 198 valence electrons. The zero-order valence-corrected chi connectivity index (χ0v) is 22.6. The molecule has 0 saturated heterocycles. The minimum Gasteiger partial charge on any atom is -0.478 e. The van der Waals surface area contributed by atoms with Gasteiger partial charge < -0.3 is 19.8 Å². The fourth-order valence-corrected chi connectivity index (χ4v) is 4.26. The Labute approximate surface area is 230 Å². The molecule has 0 unspecified atom stereocenters. The number of nitrogens with zero attached hydrogens (tertiary/aromatic N) is 7. The molecule has 4 aromatic rings. The van der Waals surface area contributed by atoms with E-state index in [9.17, 15) is 24.6 Å². The van der Waals surface area contributed by atoms with Crippen LogP contribution in [0, 0.1) is 27.3 Å². The molecule has 0 aliphatic rings. The van der Waals surface area contributed by atoms with E-state index in [1.165, 1.54) is 35.4 Å². The van der Waals surface area contributed by atoms with Crippen LogP contribution in [0.15, 0.2) is 59.3 Å². The lowest BCUT2D eigenvalue weighted by Gasteiger charge is -2.20. The van der Waals surface area contributed by atoms with Crippen LogP contribution in [0.5, 0.6) is 5.75 Å². The molecule has 1 aromatic carbocycles. The number of halogens is 2. The number of nitriles is 1. The Bertz CT molecular complexity index is 1620. The number of hydrogen-bond donors (Lipinski definition) is 0. The molecule has 0 bridgehead atoms. The third kappa shape index (κ3) is 5.91. The minimum absolute atomic E-state index is 0.0827. The van der Waals surface area contributed by atoms with E-state index in [2.05, 4.69) is 31.0 Å². The summed E-state index contributed by atoms with van der Waals surface area (Å²) in [7, 11) is 3.15. The van der Waals surface area contributed by atoms with Crippen LogP contribution in [0.3, 0.4) is 0 Å². The summed E-state index contributed by atoms with van der Waals surface area (Å²) in [6.45, 7) is 1.63. The van der Waals surface area contributed by atoms with Crippen molar-refractivity contribution < 1.29 is 18.8 Å². The van der Waals surface area contributed by atoms with Gasteiger partial charge in [0.25, 0.3) is 0 Å². The SMILES string of the molecule is C[C@@H](Oc1cc(Br)cnc1[N+](=O)[O-])c1cc(F)ccc1-c1ncccc1Cc1cc(C#N)nn1C(=O)N(C)C. The first-order valence-corrected chi connectivity index (χ1v) is 12.3. The van der Waals surface area contributed by atoms with Gasteiger partial charge in [-0.2, -0.15) is 15.0 Å². The summed E-state index contributed by atoms with van der Waals surface area (Å²) in [5.41, 5.74) is 2.61. The van der Waals surface area contributed by atoms with Gasteiger partial charge in [0, 0.05) is 43.9 Å². The van der Waals surface area contributed by atoms with Crippen LogP contribution >= 0.6 is 15.9 Å². The average molecular weight is 594 g/mol. The molecule has 4 rings (SSSR count). The predicted molar refractivity (Wildman–Crippen MR) is 141 cm³/mol. The Morgan fingerprint density at radius 2 is 2.05 bits per heavy atom. The van der Waals surface area contributed by atoms with Crippen molar-refractivity contribution in [1.82, 2.24) is 24.6 Å². The molecule has 3 aromatic heterocycles. The van der Waals surface area contributed by atoms with Crippen LogP contribution in [0.4, 0.5) is 15.0 Å². The lowest BCUT2D eigenvalue weighted by atomic mass is 9.95. The van der Waals surface area contributed by atoms with Crippen molar-refractivity contribution in [2.75, 3.05) is 14.1 Å². The summed E-state index contributed by atoms with van der Waals surface area (Å²) >= 11 is 3.24. The third-order valence-corrected chi connectivity index (χ3v) is 6.14. The number of carbonyl (C=O) groups is 1. The number of rotatable bonds is 7. The summed E-state index contributed by atoms with van der Waals surface area (Å²) in [4.78, 5) is 33.2. The molecule has 39 heavy (non-hydrogen) atoms. The van der Waals surface area contributed by atoms with E-state index >= 15 is 0 Å². The maximum atomic E-state index is 14.5. The van der Waals surface area contributed by atoms with Crippen molar-refractivity contribution in [2.45, 2.75) is 19.4 Å². The Hall–Kier alpha value is -4.70. The second-order valence-corrected chi connectivity index (χ2v) is 9.55. The van der Waals surface area contributed by atoms with Crippen molar-refractivity contribution in [3.05, 3.63) is 97.8 Å². The quantitative estimate of drug-likeness (QED) is 0.208. The number of ether oxygens (including phenoxy) is 1. The van der Waals surface area contributed by atoms with E-state index in [4.69, 9.17) is 4.74 Å². The van der Waals surface area contributed by atoms with Gasteiger partial charge in [-0.25, -0.2) is 9.18 Å². The summed E-state index contributed by atoms with van der Waals surface area (Å²) in [5, 5.41) is 24.9. The second kappa shape index (κ2) is 11.4. The standard InChI is InChI=1S/C26H21BrFN7O4/c1-15(39-23-10-17(27)14-31-25(23)35(37)38)22-11-18(28)6-7-21(22)24-16(5-4-8-30-24)9-20-12-19(13-29)32-34(20)26(36)33(2)3/h4-8,10-12,14-15H,9H2,1-3H3/t15-/m1/s1. The predicted octanol–water partition coefficient (Wildman–Crippen LogP) is 5.28. The van der Waals surface area contributed by atoms with Crippen molar-refractivity contribution in [3.63, 3.8) is 0 Å². The molecular weight excluding hydrogens is 573 g/mol. The van der Waals surface area contributed by atoms with Gasteiger partial charge in [0.1, 0.15) is 18.0 Å². The molecule has 0 fully saturated rings. The number of aromatic nitrogens is 4. The Kier molecular flexibility index (Phi) is 7.96. The summed E-state index contributed by atoms with van der Waals surface area (Å²) in [6.07, 6.45) is 2.20. The highest BCUT2D eigenvalue weighted by Gasteiger charge is 2.24. The van der Waals surface area contributed by atoms with Gasteiger partial charge >= 0.3 is 11.8 Å². The molecule has 11 nitrogen and oxygen atoms in total. The Morgan fingerprint density at radius 1 is 1.28 bits per heavy atom. The molecule has 3 heterocycles. The zero-order chi connectivity index (χ0) is 28.3. The van der Waals surface area contributed by atoms with E-state index in [-0.39, 0.29) is 17.9 Å². The average Bonchev–Trinajstić information content (AvgIpc) is 3.31. The molecule has 0 radical (unpaired) electrons. The second-order valence-electron chi connectivity index (χ2n) is 8.63. The van der Waals surface area contributed by atoms with E-state index < -0.39 is 28.7 Å². The maximum absolute atomic E-state index is 14.5. The molecule has 1 atom stereocenters. The van der Waals surface area contributed by atoms with E-state index in [0.29, 0.717) is 32.6 Å². The van der Waals surface area contributed by atoms with Crippen LogP contribution in [-0.4, -0.2) is 49.7 Å². The number of hydrogen-bond acceptors (Lipinski definition) is 8. The number of benzene rings is 1. The van der Waals surface area contributed by atoms with Gasteiger partial charge in [-0.15, -0.1) is 0 Å². The monoisotopic (exact) mass is 593 g/mol. The molecule has 0 N–H and O–H groups in total. The van der Waals surface area contributed by atoms with Gasteiger partial charge in [0.15, 0.2) is 11.9 Å². The fraction of sp³-hybridized carbons (Fsp3) is 0.192. The van der Waals surface area contributed by atoms with Crippen LogP contribution in [0.25, 0.3) is 11.3 Å². The Balaban J connectivity index is 1.77. The van der Waals surface area contributed by atoms with Gasteiger partial charge in [0.05, 0.1) is 15.9 Å². The lowest BCUT2D eigenvalue weighted by Crippen LogP contribution is -2.29. The van der Waals surface area contributed by atoms with Crippen LogP contribution < -0.4 is 4.74 Å². The van der Waals surface area contributed by atoms with Gasteiger partial charge in [0.2, 0.25) is 5.75 Å². The van der Waals surface area contributed by atoms with Crippen LogP contribution in [0.2, 0.25) is 0 Å². The van der Waals surface area contributed by atoms with Gasteiger partial charge in [-0.1, -0.05) is 6.07 Å². The zero-order valence-electron chi connectivity index (χ0n) is 21.0. The molecule has 13 heteroatoms. The minimum atomic E-state index is -0.841. The first kappa shape index (κ1) is 27.3. The highest BCUT2D eigenvalue weighted by atomic mass is 79.9. The summed E-state index contributed by atoms with van der Waals surface area (Å²) in [6, 6.07) is 12.1. The highest BCUT2D eigenvalue weighted by Crippen LogP contribution is 2.36. The van der Waals surface area contributed by atoms with Crippen LogP contribution in [-0.2, 0) is 6.42 Å². The number of amides is 1. The van der Waals surface area contributed by atoms with E-state index in [1.54, 1.807) is 45.4 Å². The molecule has 0 aliphatic carbocycles. The topological polar surface area (TPSA) is 140 Å². The van der Waals surface area contributed by atoms with Gasteiger partial charge in [-0.3, -0.25) is 4.98 Å². The summed E-state index contributed by atoms with van der Waals surface area (Å²) in [5.74, 6) is -1.10. The van der Waals surface area contributed by atoms with Crippen molar-refractivity contribution in [1.29, 1.82) is 5.26 Å². The van der Waals surface area contributed by atoms with Crippen molar-refractivity contribution in [2.24, 2.45) is 0 Å². The van der Waals surface area contributed by atoms with Crippen molar-refractivity contribution >= 4 is 27.8 Å². The molecule has 1 amide bonds. The smallest absolute Gasteiger partial charge is 0.406 e. The highest BCUT2D eigenvalue weighted by molar-refractivity contribution is 9.10. The normalized spacial score (nSPS) is 11.5. The van der Waals surface area contributed by atoms with E-state index in [0.717, 1.165) is 4.68 Å². The molecular formula is C26H21BrFN7O4. The number of carbonyl (C=O) groups excluding carboxylic acids is 1. The van der Waals surface area contributed by atoms with Gasteiger partial charge in [-0.05, 0) is 68.7 Å². The van der Waals surface area contributed by atoms with E-state index in [1.807, 2.05) is 6.07 Å². The third-order valence-electron chi connectivity index (χ3n) is 5.71. The van der Waals surface area contributed by atoms with Crippen molar-refractivity contribution in [3.8, 4) is 23.1 Å². The maximum Gasteiger partial charge on any atom is 0.406 e.